The fraction of sp³-hybridized carbons (Fsp3) is 0.0500. The zero-order valence-electron chi connectivity index (χ0n) is 14.4. The Morgan fingerprint density at radius 1 is 1.11 bits per heavy atom. The second-order valence-electron chi connectivity index (χ2n) is 6.02. The maximum Gasteiger partial charge on any atom is 0.293 e. The number of rotatable bonds is 4. The lowest BCUT2D eigenvalue weighted by atomic mass is 10.2. The number of aromatic nitrogens is 2. The van der Waals surface area contributed by atoms with Crippen molar-refractivity contribution in [3.63, 3.8) is 0 Å². The van der Waals surface area contributed by atoms with Crippen molar-refractivity contribution in [2.24, 2.45) is 0 Å². The molecule has 0 spiro atoms. The summed E-state index contributed by atoms with van der Waals surface area (Å²) in [5, 5.41) is 3.98. The highest BCUT2D eigenvalue weighted by Gasteiger charge is 2.36. The number of halogens is 2. The van der Waals surface area contributed by atoms with E-state index in [1.165, 1.54) is 18.2 Å². The van der Waals surface area contributed by atoms with Gasteiger partial charge < -0.3 is 0 Å². The first-order valence-electron chi connectivity index (χ1n) is 8.31. The molecule has 3 aromatic rings. The van der Waals surface area contributed by atoms with E-state index in [0.717, 1.165) is 22.3 Å². The van der Waals surface area contributed by atoms with Gasteiger partial charge in [-0.05, 0) is 42.1 Å². The van der Waals surface area contributed by atoms with Crippen LogP contribution in [0.15, 0.2) is 65.8 Å². The van der Waals surface area contributed by atoms with Crippen LogP contribution in [0.25, 0.3) is 11.8 Å². The average molecular weight is 414 g/mol. The molecule has 1 saturated heterocycles. The van der Waals surface area contributed by atoms with Crippen LogP contribution < -0.4 is 0 Å². The van der Waals surface area contributed by atoms with Crippen LogP contribution in [-0.4, -0.2) is 25.8 Å². The number of imide groups is 1. The molecule has 0 aliphatic carbocycles. The van der Waals surface area contributed by atoms with Gasteiger partial charge in [-0.3, -0.25) is 14.5 Å². The molecule has 140 valence electrons. The summed E-state index contributed by atoms with van der Waals surface area (Å²) in [6.07, 6.45) is 4.96. The minimum atomic E-state index is -0.556. The number of amides is 2. The third-order valence-electron chi connectivity index (χ3n) is 4.17. The summed E-state index contributed by atoms with van der Waals surface area (Å²) < 4.78 is 15.7. The van der Waals surface area contributed by atoms with Crippen LogP contribution >= 0.6 is 23.4 Å². The molecule has 1 aliphatic rings. The largest absolute Gasteiger partial charge is 0.293 e. The molecule has 0 bridgehead atoms. The number of hydrogen-bond donors (Lipinski definition) is 0. The summed E-state index contributed by atoms with van der Waals surface area (Å²) in [4.78, 5) is 26.2. The Balaban J connectivity index is 1.57. The molecule has 4 rings (SSSR count). The third-order valence-corrected chi connectivity index (χ3v) is 5.43. The van der Waals surface area contributed by atoms with Gasteiger partial charge in [0.25, 0.3) is 11.1 Å². The van der Waals surface area contributed by atoms with E-state index in [1.807, 2.05) is 30.3 Å². The molecule has 0 atom stereocenters. The lowest BCUT2D eigenvalue weighted by Crippen LogP contribution is -2.28. The maximum absolute atomic E-state index is 14.0. The van der Waals surface area contributed by atoms with E-state index in [2.05, 4.69) is 5.10 Å². The molecule has 0 unspecified atom stereocenters. The van der Waals surface area contributed by atoms with Gasteiger partial charge in [-0.25, -0.2) is 9.07 Å². The van der Waals surface area contributed by atoms with Crippen LogP contribution in [0.1, 0.15) is 11.1 Å². The van der Waals surface area contributed by atoms with Crippen LogP contribution in [0.5, 0.6) is 0 Å². The van der Waals surface area contributed by atoms with Crippen LogP contribution in [-0.2, 0) is 11.3 Å². The van der Waals surface area contributed by atoms with Gasteiger partial charge in [-0.2, -0.15) is 5.10 Å². The SMILES string of the molecule is O=C1SC(=Cc2cnn(-c3ccccc3)c2)C(=O)N1Cc1c(F)cccc1Cl. The van der Waals surface area contributed by atoms with Crippen LogP contribution in [0.4, 0.5) is 9.18 Å². The zero-order chi connectivity index (χ0) is 19.7. The molecule has 2 amide bonds. The Kier molecular flexibility index (Phi) is 5.02. The summed E-state index contributed by atoms with van der Waals surface area (Å²) in [6.45, 7) is -0.212. The van der Waals surface area contributed by atoms with E-state index < -0.39 is 17.0 Å². The highest BCUT2D eigenvalue weighted by Crippen LogP contribution is 2.34. The molecule has 1 aliphatic heterocycles. The molecule has 2 aromatic carbocycles. The van der Waals surface area contributed by atoms with E-state index in [0.29, 0.717) is 5.56 Å². The normalized spacial score (nSPS) is 15.6. The quantitative estimate of drug-likeness (QED) is 0.571. The number of benzene rings is 2. The second-order valence-corrected chi connectivity index (χ2v) is 7.42. The van der Waals surface area contributed by atoms with E-state index in [-0.39, 0.29) is 22.0 Å². The predicted molar refractivity (Wildman–Crippen MR) is 106 cm³/mol. The van der Waals surface area contributed by atoms with Crippen molar-refractivity contribution in [3.8, 4) is 5.69 Å². The molecule has 0 N–H and O–H groups in total. The monoisotopic (exact) mass is 413 g/mol. The standard InChI is InChI=1S/C20H13ClFN3O2S/c21-16-7-4-8-17(22)15(16)12-24-19(26)18(28-20(24)27)9-13-10-23-25(11-13)14-5-2-1-3-6-14/h1-11H,12H2. The third kappa shape index (κ3) is 3.58. The van der Waals surface area contributed by atoms with E-state index in [1.54, 1.807) is 23.2 Å². The number of nitrogens with zero attached hydrogens (tertiary/aromatic N) is 3. The highest BCUT2D eigenvalue weighted by atomic mass is 35.5. The van der Waals surface area contributed by atoms with Gasteiger partial charge in [-0.15, -0.1) is 0 Å². The molecule has 8 heteroatoms. The number of hydrogen-bond acceptors (Lipinski definition) is 4. The van der Waals surface area contributed by atoms with Gasteiger partial charge >= 0.3 is 0 Å². The first-order chi connectivity index (χ1) is 13.5. The van der Waals surface area contributed by atoms with E-state index >= 15 is 0 Å². The summed E-state index contributed by atoms with van der Waals surface area (Å²) in [5.41, 5.74) is 1.67. The number of carbonyl (C=O) groups excluding carboxylic acids is 2. The van der Waals surface area contributed by atoms with E-state index in [4.69, 9.17) is 11.6 Å². The van der Waals surface area contributed by atoms with Crippen LogP contribution in [0.2, 0.25) is 5.02 Å². The Labute approximate surface area is 169 Å². The van der Waals surface area contributed by atoms with Gasteiger partial charge in [0, 0.05) is 22.3 Å². The van der Waals surface area contributed by atoms with Crippen LogP contribution in [0, 0.1) is 5.82 Å². The molecular formula is C20H13ClFN3O2S. The molecule has 0 radical (unpaired) electrons. The number of para-hydroxylation sites is 1. The number of thioether (sulfide) groups is 1. The predicted octanol–water partition coefficient (Wildman–Crippen LogP) is 4.90. The summed E-state index contributed by atoms with van der Waals surface area (Å²) in [6, 6.07) is 13.8. The fourth-order valence-corrected chi connectivity index (χ4v) is 3.82. The van der Waals surface area contributed by atoms with Gasteiger partial charge in [0.1, 0.15) is 5.82 Å². The first kappa shape index (κ1) is 18.5. The minimum absolute atomic E-state index is 0.115. The topological polar surface area (TPSA) is 55.2 Å². The van der Waals surface area contributed by atoms with Crippen molar-refractivity contribution >= 4 is 40.6 Å². The van der Waals surface area contributed by atoms with Crippen molar-refractivity contribution in [2.75, 3.05) is 0 Å². The van der Waals surface area contributed by atoms with Gasteiger partial charge in [0.2, 0.25) is 0 Å². The second kappa shape index (κ2) is 7.61. The Hall–Kier alpha value is -2.90. The number of carbonyl (C=O) groups is 2. The van der Waals surface area contributed by atoms with Gasteiger partial charge in [0.05, 0.1) is 23.3 Å². The minimum Gasteiger partial charge on any atom is -0.268 e. The maximum atomic E-state index is 14.0. The Bertz CT molecular complexity index is 1080. The van der Waals surface area contributed by atoms with E-state index in [9.17, 15) is 14.0 Å². The Morgan fingerprint density at radius 3 is 2.64 bits per heavy atom. The molecule has 1 aromatic heterocycles. The van der Waals surface area contributed by atoms with Crippen molar-refractivity contribution < 1.29 is 14.0 Å². The fourth-order valence-electron chi connectivity index (χ4n) is 2.76. The molecule has 2 heterocycles. The zero-order valence-corrected chi connectivity index (χ0v) is 16.0. The molecule has 5 nitrogen and oxygen atoms in total. The van der Waals surface area contributed by atoms with Crippen molar-refractivity contribution in [1.29, 1.82) is 0 Å². The van der Waals surface area contributed by atoms with Crippen molar-refractivity contribution in [2.45, 2.75) is 6.54 Å². The summed E-state index contributed by atoms with van der Waals surface area (Å²) in [7, 11) is 0. The van der Waals surface area contributed by atoms with Gasteiger partial charge in [-0.1, -0.05) is 35.9 Å². The smallest absolute Gasteiger partial charge is 0.268 e. The average Bonchev–Trinajstić information content (AvgIpc) is 3.25. The van der Waals surface area contributed by atoms with Gasteiger partial charge in [0.15, 0.2) is 0 Å². The molecule has 1 fully saturated rings. The molecule has 0 saturated carbocycles. The van der Waals surface area contributed by atoms with Crippen molar-refractivity contribution in [1.82, 2.24) is 14.7 Å². The lowest BCUT2D eigenvalue weighted by Gasteiger charge is -2.14. The molecular weight excluding hydrogens is 401 g/mol. The van der Waals surface area contributed by atoms with Crippen LogP contribution in [0.3, 0.4) is 0 Å². The Morgan fingerprint density at radius 2 is 1.89 bits per heavy atom. The summed E-state index contributed by atoms with van der Waals surface area (Å²) in [5.74, 6) is -1.04. The van der Waals surface area contributed by atoms with Crippen molar-refractivity contribution in [3.05, 3.63) is 87.8 Å². The lowest BCUT2D eigenvalue weighted by molar-refractivity contribution is -0.123. The molecule has 28 heavy (non-hydrogen) atoms. The first-order valence-corrected chi connectivity index (χ1v) is 9.51. The highest BCUT2D eigenvalue weighted by molar-refractivity contribution is 8.18. The summed E-state index contributed by atoms with van der Waals surface area (Å²) >= 11 is 6.82.